The zero-order valence-corrected chi connectivity index (χ0v) is 10.2. The van der Waals surface area contributed by atoms with E-state index in [1.165, 1.54) is 0 Å². The molecular weight excluding hydrogens is 208 g/mol. The number of nitrogens with one attached hydrogen (secondary N) is 2. The summed E-state index contributed by atoms with van der Waals surface area (Å²) >= 11 is 0. The van der Waals surface area contributed by atoms with Gasteiger partial charge >= 0.3 is 0 Å². The van der Waals surface area contributed by atoms with Crippen LogP contribution in [0.3, 0.4) is 0 Å². The second kappa shape index (κ2) is 7.05. The van der Waals surface area contributed by atoms with Crippen molar-refractivity contribution >= 4 is 11.7 Å². The fourth-order valence-corrected chi connectivity index (χ4v) is 1.26. The van der Waals surface area contributed by atoms with Crippen molar-refractivity contribution in [3.05, 3.63) is 0 Å². The van der Waals surface area contributed by atoms with E-state index >= 15 is 0 Å². The van der Waals surface area contributed by atoms with Gasteiger partial charge in [0.1, 0.15) is 5.84 Å². The average molecular weight is 230 g/mol. The van der Waals surface area contributed by atoms with Gasteiger partial charge in [-0.2, -0.15) is 0 Å². The Labute approximate surface area is 96.3 Å². The molecule has 0 aliphatic carbocycles. The highest BCUT2D eigenvalue weighted by Gasteiger charge is 2.25. The maximum Gasteiger partial charge on any atom is 0.226 e. The third-order valence-corrected chi connectivity index (χ3v) is 2.32. The largest absolute Gasteiger partial charge is 0.409 e. The molecule has 0 aromatic carbocycles. The van der Waals surface area contributed by atoms with E-state index < -0.39 is 5.41 Å². The number of oxime groups is 1. The Hall–Kier alpha value is -1.30. The van der Waals surface area contributed by atoms with Crippen LogP contribution in [-0.4, -0.2) is 37.1 Å². The molecule has 6 nitrogen and oxygen atoms in total. The van der Waals surface area contributed by atoms with Gasteiger partial charge in [-0.05, 0) is 26.8 Å². The Morgan fingerprint density at radius 1 is 1.50 bits per heavy atom. The van der Waals surface area contributed by atoms with E-state index in [0.29, 0.717) is 13.0 Å². The maximum absolute atomic E-state index is 11.4. The summed E-state index contributed by atoms with van der Waals surface area (Å²) in [6.07, 6.45) is 1.32. The number of rotatable bonds is 7. The molecule has 0 saturated carbocycles. The lowest BCUT2D eigenvalue weighted by atomic mass is 9.92. The van der Waals surface area contributed by atoms with Crippen LogP contribution in [-0.2, 0) is 4.79 Å². The van der Waals surface area contributed by atoms with Crippen LogP contribution < -0.4 is 16.4 Å². The predicted molar refractivity (Wildman–Crippen MR) is 63.4 cm³/mol. The normalized spacial score (nSPS) is 12.6. The molecule has 0 unspecified atom stereocenters. The number of nitrogens with zero attached hydrogens (tertiary/aromatic N) is 1. The first-order chi connectivity index (χ1) is 7.44. The Balaban J connectivity index is 3.70. The quantitative estimate of drug-likeness (QED) is 0.161. The molecule has 0 spiro atoms. The zero-order chi connectivity index (χ0) is 12.6. The maximum atomic E-state index is 11.4. The number of amidine groups is 1. The van der Waals surface area contributed by atoms with Crippen LogP contribution in [0.4, 0.5) is 0 Å². The second-order valence-electron chi connectivity index (χ2n) is 4.33. The Kier molecular flexibility index (Phi) is 6.48. The summed E-state index contributed by atoms with van der Waals surface area (Å²) in [4.78, 5) is 11.4. The van der Waals surface area contributed by atoms with Gasteiger partial charge in [-0.25, -0.2) is 0 Å². The molecule has 0 atom stereocenters. The van der Waals surface area contributed by atoms with Crippen LogP contribution >= 0.6 is 0 Å². The Bertz CT molecular complexity index is 251. The van der Waals surface area contributed by atoms with E-state index in [1.54, 1.807) is 7.05 Å². The van der Waals surface area contributed by atoms with Gasteiger partial charge in [0.2, 0.25) is 5.91 Å². The first-order valence-electron chi connectivity index (χ1n) is 5.33. The fraction of sp³-hybridized carbons (Fsp3) is 0.800. The summed E-state index contributed by atoms with van der Waals surface area (Å²) in [5, 5.41) is 17.0. The molecule has 0 radical (unpaired) electrons. The van der Waals surface area contributed by atoms with Gasteiger partial charge in [-0.1, -0.05) is 5.16 Å². The molecule has 94 valence electrons. The summed E-state index contributed by atoms with van der Waals surface area (Å²) in [6, 6.07) is 0. The number of nitrogens with two attached hydrogens (primary N) is 1. The molecule has 0 aliphatic rings. The van der Waals surface area contributed by atoms with Crippen LogP contribution in [0, 0.1) is 5.41 Å². The SMILES string of the molecule is CNC(=O)C(C)(C)CNCCCC(N)=NO. The topological polar surface area (TPSA) is 99.7 Å². The number of amides is 1. The smallest absolute Gasteiger partial charge is 0.226 e. The van der Waals surface area contributed by atoms with Crippen LogP contribution in [0.25, 0.3) is 0 Å². The first kappa shape index (κ1) is 14.7. The average Bonchev–Trinajstić information content (AvgIpc) is 2.26. The van der Waals surface area contributed by atoms with Crippen molar-refractivity contribution in [1.82, 2.24) is 10.6 Å². The molecule has 0 rings (SSSR count). The van der Waals surface area contributed by atoms with Crippen molar-refractivity contribution in [3.63, 3.8) is 0 Å². The van der Waals surface area contributed by atoms with E-state index in [9.17, 15) is 4.79 Å². The molecule has 0 aromatic rings. The third-order valence-electron chi connectivity index (χ3n) is 2.32. The van der Waals surface area contributed by atoms with Gasteiger partial charge in [0.15, 0.2) is 0 Å². The molecule has 1 amide bonds. The summed E-state index contributed by atoms with van der Waals surface area (Å²) in [6.45, 7) is 5.09. The summed E-state index contributed by atoms with van der Waals surface area (Å²) < 4.78 is 0. The highest BCUT2D eigenvalue weighted by atomic mass is 16.4. The molecule has 6 heteroatoms. The van der Waals surface area contributed by atoms with Crippen molar-refractivity contribution in [1.29, 1.82) is 0 Å². The van der Waals surface area contributed by atoms with Crippen LogP contribution in [0.15, 0.2) is 5.16 Å². The fourth-order valence-electron chi connectivity index (χ4n) is 1.26. The minimum Gasteiger partial charge on any atom is -0.409 e. The molecule has 16 heavy (non-hydrogen) atoms. The summed E-state index contributed by atoms with van der Waals surface area (Å²) in [5.41, 5.74) is 4.89. The van der Waals surface area contributed by atoms with Crippen LogP contribution in [0.5, 0.6) is 0 Å². The Morgan fingerprint density at radius 3 is 2.62 bits per heavy atom. The van der Waals surface area contributed by atoms with Gasteiger partial charge in [0, 0.05) is 20.0 Å². The zero-order valence-electron chi connectivity index (χ0n) is 10.2. The van der Waals surface area contributed by atoms with E-state index in [0.717, 1.165) is 13.0 Å². The minimum absolute atomic E-state index is 0.0106. The molecule has 5 N–H and O–H groups in total. The molecule has 0 bridgehead atoms. The van der Waals surface area contributed by atoms with Gasteiger partial charge < -0.3 is 21.6 Å². The van der Waals surface area contributed by atoms with E-state index in [4.69, 9.17) is 10.9 Å². The van der Waals surface area contributed by atoms with Crippen molar-refractivity contribution in [2.24, 2.45) is 16.3 Å². The highest BCUT2D eigenvalue weighted by molar-refractivity contribution is 5.81. The molecule has 0 saturated heterocycles. The molecule has 0 fully saturated rings. The van der Waals surface area contributed by atoms with Gasteiger partial charge in [0.25, 0.3) is 0 Å². The third kappa shape index (κ3) is 5.55. The lowest BCUT2D eigenvalue weighted by Crippen LogP contribution is -2.42. The molecular formula is C10H22N4O2. The number of carbonyl (C=O) groups excluding carboxylic acids is 1. The van der Waals surface area contributed by atoms with Gasteiger partial charge in [0.05, 0.1) is 5.41 Å². The molecule has 0 aromatic heterocycles. The van der Waals surface area contributed by atoms with Crippen LogP contribution in [0.2, 0.25) is 0 Å². The minimum atomic E-state index is -0.425. The highest BCUT2D eigenvalue weighted by Crippen LogP contribution is 2.12. The van der Waals surface area contributed by atoms with Gasteiger partial charge in [-0.3, -0.25) is 4.79 Å². The Morgan fingerprint density at radius 2 is 2.12 bits per heavy atom. The number of hydrogen-bond donors (Lipinski definition) is 4. The number of hydrogen-bond acceptors (Lipinski definition) is 4. The van der Waals surface area contributed by atoms with Gasteiger partial charge in [-0.15, -0.1) is 0 Å². The second-order valence-corrected chi connectivity index (χ2v) is 4.33. The standard InChI is InChI=1S/C10H22N4O2/c1-10(2,9(15)12-3)7-13-6-4-5-8(11)14-16/h13,16H,4-7H2,1-3H3,(H2,11,14)(H,12,15). The first-order valence-corrected chi connectivity index (χ1v) is 5.33. The van der Waals surface area contributed by atoms with E-state index in [1.807, 2.05) is 13.8 Å². The van der Waals surface area contributed by atoms with E-state index in [2.05, 4.69) is 15.8 Å². The van der Waals surface area contributed by atoms with Crippen molar-refractivity contribution < 1.29 is 10.0 Å². The predicted octanol–water partition coefficient (Wildman–Crippen LogP) is -0.125. The number of carbonyl (C=O) groups is 1. The van der Waals surface area contributed by atoms with E-state index in [-0.39, 0.29) is 11.7 Å². The monoisotopic (exact) mass is 230 g/mol. The summed E-state index contributed by atoms with van der Waals surface area (Å²) in [5.74, 6) is 0.240. The lowest BCUT2D eigenvalue weighted by molar-refractivity contribution is -0.128. The van der Waals surface area contributed by atoms with Crippen molar-refractivity contribution in [2.75, 3.05) is 20.1 Å². The molecule has 0 heterocycles. The van der Waals surface area contributed by atoms with Crippen molar-refractivity contribution in [2.45, 2.75) is 26.7 Å². The lowest BCUT2D eigenvalue weighted by Gasteiger charge is -2.22. The van der Waals surface area contributed by atoms with Crippen molar-refractivity contribution in [3.8, 4) is 0 Å². The molecule has 0 aliphatic heterocycles. The van der Waals surface area contributed by atoms with Crippen LogP contribution in [0.1, 0.15) is 26.7 Å². The summed E-state index contributed by atoms with van der Waals surface area (Å²) in [7, 11) is 1.63.